The molecule has 2 nitrogen and oxygen atoms in total. The fourth-order valence-corrected chi connectivity index (χ4v) is 10.8. The van der Waals surface area contributed by atoms with Gasteiger partial charge < -0.3 is 9.32 Å². The van der Waals surface area contributed by atoms with Gasteiger partial charge in [-0.3, -0.25) is 0 Å². The van der Waals surface area contributed by atoms with Crippen LogP contribution in [0.5, 0.6) is 0 Å². The Bertz CT molecular complexity index is 3280. The van der Waals surface area contributed by atoms with E-state index in [1.807, 2.05) is 0 Å². The molecule has 0 saturated heterocycles. The van der Waals surface area contributed by atoms with Crippen molar-refractivity contribution in [3.63, 3.8) is 0 Å². The molecule has 0 bridgehead atoms. The van der Waals surface area contributed by atoms with Gasteiger partial charge in [0.15, 0.2) is 0 Å². The van der Waals surface area contributed by atoms with Crippen molar-refractivity contribution in [1.29, 1.82) is 0 Å². The molecule has 0 atom stereocenters. The molecule has 1 spiro atoms. The van der Waals surface area contributed by atoms with Crippen LogP contribution in [0.4, 0.5) is 17.1 Å². The third-order valence-corrected chi connectivity index (χ3v) is 13.5. The van der Waals surface area contributed by atoms with Crippen molar-refractivity contribution in [2.45, 2.75) is 31.1 Å². The summed E-state index contributed by atoms with van der Waals surface area (Å²) in [5.74, 6) is 0. The van der Waals surface area contributed by atoms with Crippen LogP contribution < -0.4 is 4.90 Å². The summed E-state index contributed by atoms with van der Waals surface area (Å²) in [6, 6.07) is 77.7. The second-order valence-corrected chi connectivity index (χ2v) is 16.7. The highest BCUT2D eigenvalue weighted by atomic mass is 16.3. The second-order valence-electron chi connectivity index (χ2n) is 16.7. The Hall–Kier alpha value is -7.42. The van der Waals surface area contributed by atoms with Gasteiger partial charge >= 0.3 is 0 Å². The number of hydrogen-bond donors (Lipinski definition) is 0. The summed E-state index contributed by atoms with van der Waals surface area (Å²) in [5, 5.41) is 2.25. The van der Waals surface area contributed by atoms with E-state index in [9.17, 15) is 0 Å². The van der Waals surface area contributed by atoms with Gasteiger partial charge in [-0.25, -0.2) is 0 Å². The molecular weight excluding hydrogens is 739 g/mol. The first kappa shape index (κ1) is 35.5. The van der Waals surface area contributed by atoms with E-state index >= 15 is 0 Å². The maximum Gasteiger partial charge on any atom is 0.143 e. The third kappa shape index (κ3) is 5.63. The summed E-state index contributed by atoms with van der Waals surface area (Å²) in [7, 11) is 0. The van der Waals surface area contributed by atoms with Gasteiger partial charge in [0.1, 0.15) is 11.2 Å². The Morgan fingerprint density at radius 2 is 0.869 bits per heavy atom. The van der Waals surface area contributed by atoms with Crippen molar-refractivity contribution in [2.24, 2.45) is 0 Å². The van der Waals surface area contributed by atoms with Crippen molar-refractivity contribution in [3.8, 4) is 55.6 Å². The van der Waals surface area contributed by atoms with Crippen LogP contribution in [-0.4, -0.2) is 0 Å². The topological polar surface area (TPSA) is 16.4 Å². The maximum atomic E-state index is 6.72. The summed E-state index contributed by atoms with van der Waals surface area (Å²) in [4.78, 5) is 2.51. The van der Waals surface area contributed by atoms with Crippen LogP contribution in [-0.2, 0) is 5.41 Å². The van der Waals surface area contributed by atoms with E-state index in [1.54, 1.807) is 0 Å². The van der Waals surface area contributed by atoms with E-state index in [2.05, 4.69) is 217 Å². The van der Waals surface area contributed by atoms with Crippen molar-refractivity contribution >= 4 is 39.0 Å². The molecule has 10 aromatic rings. The zero-order valence-electron chi connectivity index (χ0n) is 33.9. The van der Waals surface area contributed by atoms with Crippen molar-refractivity contribution < 1.29 is 4.42 Å². The van der Waals surface area contributed by atoms with Gasteiger partial charge in [-0.15, -0.1) is 0 Å². The highest BCUT2D eigenvalue weighted by Gasteiger charge is 2.45. The monoisotopic (exact) mass is 781 g/mol. The summed E-state index contributed by atoms with van der Waals surface area (Å²) in [6.45, 7) is 0. The minimum atomic E-state index is 0.0904. The first-order valence-electron chi connectivity index (χ1n) is 21.6. The fraction of sp³-hybridized carbons (Fsp3) is 0.0847. The lowest BCUT2D eigenvalue weighted by molar-refractivity contribution is 0.550. The summed E-state index contributed by atoms with van der Waals surface area (Å²) in [6.07, 6.45) is 4.94. The zero-order chi connectivity index (χ0) is 40.3. The van der Waals surface area contributed by atoms with E-state index in [0.717, 1.165) is 55.7 Å². The van der Waals surface area contributed by atoms with Gasteiger partial charge in [0.2, 0.25) is 0 Å². The second kappa shape index (κ2) is 14.4. The molecule has 0 unspecified atom stereocenters. The van der Waals surface area contributed by atoms with Crippen LogP contribution in [0.2, 0.25) is 0 Å². The van der Waals surface area contributed by atoms with Crippen LogP contribution in [0.1, 0.15) is 36.8 Å². The largest absolute Gasteiger partial charge is 0.455 e. The molecule has 0 N–H and O–H groups in total. The SMILES string of the molecule is c1ccc(-c2ccccc2-c2ccccc2-c2ccccc2N(c2ccc3c(c2)-c2ccccc2C32CCCC2)c2ccccc2-c2cccc3c2oc2ccccc23)cc1. The molecule has 0 aliphatic heterocycles. The number of nitrogens with zero attached hydrogens (tertiary/aromatic N) is 1. The van der Waals surface area contributed by atoms with Crippen molar-refractivity contribution in [3.05, 3.63) is 223 Å². The molecule has 12 rings (SSSR count). The molecule has 9 aromatic carbocycles. The number of hydrogen-bond acceptors (Lipinski definition) is 2. The Labute approximate surface area is 357 Å². The minimum absolute atomic E-state index is 0.0904. The van der Waals surface area contributed by atoms with Crippen LogP contribution >= 0.6 is 0 Å². The van der Waals surface area contributed by atoms with Crippen LogP contribution in [0.3, 0.4) is 0 Å². The van der Waals surface area contributed by atoms with E-state index in [-0.39, 0.29) is 5.41 Å². The smallest absolute Gasteiger partial charge is 0.143 e. The number of furan rings is 1. The van der Waals surface area contributed by atoms with Gasteiger partial charge in [0, 0.05) is 38.6 Å². The van der Waals surface area contributed by atoms with Crippen molar-refractivity contribution in [1.82, 2.24) is 0 Å². The van der Waals surface area contributed by atoms with Crippen molar-refractivity contribution in [2.75, 3.05) is 4.90 Å². The molecule has 2 aliphatic rings. The highest BCUT2D eigenvalue weighted by molar-refractivity contribution is 6.11. The lowest BCUT2D eigenvalue weighted by Crippen LogP contribution is -2.20. The van der Waals surface area contributed by atoms with E-state index in [0.29, 0.717) is 0 Å². The summed E-state index contributed by atoms with van der Waals surface area (Å²) < 4.78 is 6.72. The third-order valence-electron chi connectivity index (χ3n) is 13.5. The molecule has 1 fully saturated rings. The predicted molar refractivity (Wildman–Crippen MR) is 255 cm³/mol. The molecule has 61 heavy (non-hydrogen) atoms. The average molecular weight is 782 g/mol. The van der Waals surface area contributed by atoms with Gasteiger partial charge in [0.05, 0.1) is 11.4 Å². The Morgan fingerprint density at radius 3 is 1.61 bits per heavy atom. The average Bonchev–Trinajstić information content (AvgIpc) is 4.05. The fourth-order valence-electron chi connectivity index (χ4n) is 10.8. The first-order valence-corrected chi connectivity index (χ1v) is 21.6. The number of rotatable bonds is 7. The van der Waals surface area contributed by atoms with Crippen LogP contribution in [0.15, 0.2) is 217 Å². The maximum absolute atomic E-state index is 6.72. The Balaban J connectivity index is 1.11. The van der Waals surface area contributed by atoms with Gasteiger partial charge in [0.25, 0.3) is 0 Å². The summed E-state index contributed by atoms with van der Waals surface area (Å²) >= 11 is 0. The summed E-state index contributed by atoms with van der Waals surface area (Å²) in [5.41, 5.74) is 20.3. The number of para-hydroxylation sites is 4. The van der Waals surface area contributed by atoms with Gasteiger partial charge in [-0.2, -0.15) is 0 Å². The molecule has 290 valence electrons. The number of anilines is 3. The van der Waals surface area contributed by atoms with Crippen LogP contribution in [0.25, 0.3) is 77.6 Å². The highest BCUT2D eigenvalue weighted by Crippen LogP contribution is 2.58. The van der Waals surface area contributed by atoms with E-state index < -0.39 is 0 Å². The lowest BCUT2D eigenvalue weighted by Gasteiger charge is -2.31. The molecule has 0 radical (unpaired) electrons. The molecule has 2 heteroatoms. The number of fused-ring (bicyclic) bond motifs is 8. The molecule has 2 aliphatic carbocycles. The van der Waals surface area contributed by atoms with E-state index in [1.165, 1.54) is 75.8 Å². The molecule has 1 saturated carbocycles. The Kier molecular flexibility index (Phi) is 8.38. The van der Waals surface area contributed by atoms with Crippen LogP contribution in [0, 0.1) is 0 Å². The van der Waals surface area contributed by atoms with E-state index in [4.69, 9.17) is 4.42 Å². The molecule has 1 heterocycles. The molecule has 0 amide bonds. The lowest BCUT2D eigenvalue weighted by atomic mass is 9.77. The van der Waals surface area contributed by atoms with Gasteiger partial charge in [-0.1, -0.05) is 195 Å². The standard InChI is InChI=1S/C59H43NO/c1-2-19-40(20-3-1)42-21-4-5-22-43(42)44-23-6-7-24-45(44)47-26-9-13-32-55(47)60(41-35-36-54-52(39-41)46-25-8-12-31-53(46)59(54)37-16-17-38-59)56-33-14-10-27-48(56)50-29-18-30-51-49-28-11-15-34-57(49)61-58(50)51/h1-15,18-36,39H,16-17,37-38H2. The van der Waals surface area contributed by atoms with Gasteiger partial charge in [-0.05, 0) is 93.2 Å². The molecular formula is C59H43NO. The number of benzene rings is 9. The minimum Gasteiger partial charge on any atom is -0.455 e. The predicted octanol–water partition coefficient (Wildman–Crippen LogP) is 16.6. The first-order chi connectivity index (χ1) is 30.3. The normalized spacial score (nSPS) is 13.8. The Morgan fingerprint density at radius 1 is 0.361 bits per heavy atom. The zero-order valence-corrected chi connectivity index (χ0v) is 33.9. The quantitative estimate of drug-likeness (QED) is 0.160. The molecule has 1 aromatic heterocycles.